The molecule has 0 amide bonds. The summed E-state index contributed by atoms with van der Waals surface area (Å²) >= 11 is 3.41. The molecule has 0 rings (SSSR count). The highest BCUT2D eigenvalue weighted by atomic mass is 79.9. The molecule has 11 heavy (non-hydrogen) atoms. The average Bonchev–Trinajstić information content (AvgIpc) is 1.85. The predicted molar refractivity (Wildman–Crippen MR) is 56.9 cm³/mol. The monoisotopic (exact) mass is 238 g/mol. The lowest BCUT2D eigenvalue weighted by molar-refractivity contribution is 0.300. The van der Waals surface area contributed by atoms with Gasteiger partial charge in [0.05, 0.1) is 0 Å². The molecule has 0 heterocycles. The molecule has 1 nitrogen and oxygen atoms in total. The van der Waals surface area contributed by atoms with Crippen molar-refractivity contribution < 1.29 is 4.43 Å². The van der Waals surface area contributed by atoms with Gasteiger partial charge in [0.15, 0.2) is 8.32 Å². The second kappa shape index (κ2) is 6.20. The van der Waals surface area contributed by atoms with Crippen LogP contribution in [0.5, 0.6) is 0 Å². The summed E-state index contributed by atoms with van der Waals surface area (Å²) in [6, 6.07) is 0. The lowest BCUT2D eigenvalue weighted by Gasteiger charge is -2.16. The highest BCUT2D eigenvalue weighted by molar-refractivity contribution is 9.09. The van der Waals surface area contributed by atoms with Crippen molar-refractivity contribution in [1.29, 1.82) is 0 Å². The van der Waals surface area contributed by atoms with E-state index < -0.39 is 8.32 Å². The van der Waals surface area contributed by atoms with Crippen LogP contribution in [0.15, 0.2) is 0 Å². The number of alkyl halides is 1. The zero-order valence-electron chi connectivity index (χ0n) is 7.82. The summed E-state index contributed by atoms with van der Waals surface area (Å²) in [7, 11) is -1.23. The van der Waals surface area contributed by atoms with Gasteiger partial charge in [0.2, 0.25) is 0 Å². The zero-order valence-corrected chi connectivity index (χ0v) is 10.4. The molecular weight excluding hydrogens is 220 g/mol. The van der Waals surface area contributed by atoms with Crippen molar-refractivity contribution in [1.82, 2.24) is 0 Å². The van der Waals surface area contributed by atoms with Crippen molar-refractivity contribution in [3.8, 4) is 0 Å². The number of unbranched alkanes of at least 4 members (excludes halogenated alkanes) is 2. The average molecular weight is 239 g/mol. The van der Waals surface area contributed by atoms with E-state index in [1.165, 1.54) is 19.3 Å². The van der Waals surface area contributed by atoms with Gasteiger partial charge < -0.3 is 4.43 Å². The van der Waals surface area contributed by atoms with Crippen molar-refractivity contribution >= 4 is 24.2 Å². The number of hydrogen-bond donors (Lipinski definition) is 0. The summed E-state index contributed by atoms with van der Waals surface area (Å²) in [6.07, 6.45) is 3.78. The number of rotatable bonds is 6. The van der Waals surface area contributed by atoms with Gasteiger partial charge in [-0.25, -0.2) is 0 Å². The third-order valence-electron chi connectivity index (χ3n) is 1.31. The van der Waals surface area contributed by atoms with Gasteiger partial charge in [-0.15, -0.1) is 0 Å². The molecule has 0 aliphatic rings. The Morgan fingerprint density at radius 1 is 1.09 bits per heavy atom. The third-order valence-corrected chi connectivity index (χ3v) is 2.94. The Morgan fingerprint density at radius 3 is 2.18 bits per heavy atom. The Labute approximate surface area is 79.8 Å². The molecule has 0 fully saturated rings. The Morgan fingerprint density at radius 2 is 1.73 bits per heavy atom. The minimum atomic E-state index is -1.23. The van der Waals surface area contributed by atoms with Gasteiger partial charge >= 0.3 is 0 Å². The second-order valence-corrected chi connectivity index (χ2v) is 9.02. The first kappa shape index (κ1) is 11.7. The lowest BCUT2D eigenvalue weighted by Crippen LogP contribution is -2.25. The molecule has 0 aliphatic carbocycles. The molecule has 0 radical (unpaired) electrons. The molecular formula is C8H19BrOSi. The van der Waals surface area contributed by atoms with Crippen LogP contribution in [0.25, 0.3) is 0 Å². The maximum atomic E-state index is 5.70. The minimum absolute atomic E-state index is 0.961. The first-order valence-electron chi connectivity index (χ1n) is 4.26. The Balaban J connectivity index is 3.02. The summed E-state index contributed by atoms with van der Waals surface area (Å²) in [6.45, 7) is 7.66. The number of hydrogen-bond acceptors (Lipinski definition) is 1. The highest BCUT2D eigenvalue weighted by Crippen LogP contribution is 2.05. The van der Waals surface area contributed by atoms with E-state index in [0.29, 0.717) is 0 Å². The van der Waals surface area contributed by atoms with Crippen LogP contribution in [0.4, 0.5) is 0 Å². The summed E-state index contributed by atoms with van der Waals surface area (Å²) < 4.78 is 5.70. The van der Waals surface area contributed by atoms with Crippen molar-refractivity contribution in [2.75, 3.05) is 11.9 Å². The van der Waals surface area contributed by atoms with Gasteiger partial charge in [-0.1, -0.05) is 22.4 Å². The van der Waals surface area contributed by atoms with Crippen molar-refractivity contribution in [3.05, 3.63) is 0 Å². The van der Waals surface area contributed by atoms with E-state index in [1.807, 2.05) is 0 Å². The largest absolute Gasteiger partial charge is 0.418 e. The first-order valence-corrected chi connectivity index (χ1v) is 8.79. The van der Waals surface area contributed by atoms with E-state index in [-0.39, 0.29) is 0 Å². The van der Waals surface area contributed by atoms with E-state index in [9.17, 15) is 0 Å². The van der Waals surface area contributed by atoms with Gasteiger partial charge in [0.1, 0.15) is 0 Å². The van der Waals surface area contributed by atoms with Gasteiger partial charge in [-0.05, 0) is 32.5 Å². The molecule has 0 saturated heterocycles. The topological polar surface area (TPSA) is 9.23 Å². The molecule has 0 atom stereocenters. The van der Waals surface area contributed by atoms with Crippen molar-refractivity contribution in [3.63, 3.8) is 0 Å². The molecule has 3 heteroatoms. The SMILES string of the molecule is C[Si](C)(C)OCCCCCBr. The van der Waals surface area contributed by atoms with E-state index in [4.69, 9.17) is 4.43 Å². The maximum Gasteiger partial charge on any atom is 0.183 e. The van der Waals surface area contributed by atoms with Crippen LogP contribution in [0.2, 0.25) is 19.6 Å². The van der Waals surface area contributed by atoms with Gasteiger partial charge in [-0.3, -0.25) is 0 Å². The molecule has 0 unspecified atom stereocenters. The standard InChI is InChI=1S/C8H19BrOSi/c1-11(2,3)10-8-6-4-5-7-9/h4-8H2,1-3H3. The number of halogens is 1. The van der Waals surface area contributed by atoms with E-state index in [2.05, 4.69) is 35.6 Å². The molecule has 0 N–H and O–H groups in total. The molecule has 0 bridgehead atoms. The summed E-state index contributed by atoms with van der Waals surface area (Å²) in [5.74, 6) is 0. The quantitative estimate of drug-likeness (QED) is 0.392. The van der Waals surface area contributed by atoms with Crippen LogP contribution >= 0.6 is 15.9 Å². The van der Waals surface area contributed by atoms with Crippen LogP contribution < -0.4 is 0 Å². The highest BCUT2D eigenvalue weighted by Gasteiger charge is 2.12. The fraction of sp³-hybridized carbons (Fsp3) is 1.00. The summed E-state index contributed by atoms with van der Waals surface area (Å²) in [5, 5.41) is 1.12. The Kier molecular flexibility index (Phi) is 6.57. The normalized spacial score (nSPS) is 12.0. The van der Waals surface area contributed by atoms with Gasteiger partial charge in [0, 0.05) is 11.9 Å². The predicted octanol–water partition coefficient (Wildman–Crippen LogP) is 3.40. The van der Waals surface area contributed by atoms with Gasteiger partial charge in [-0.2, -0.15) is 0 Å². The minimum Gasteiger partial charge on any atom is -0.418 e. The third kappa shape index (κ3) is 10.7. The smallest absolute Gasteiger partial charge is 0.183 e. The Bertz CT molecular complexity index is 90.6. The molecule has 0 aromatic rings. The summed E-state index contributed by atoms with van der Waals surface area (Å²) in [4.78, 5) is 0. The van der Waals surface area contributed by atoms with E-state index in [0.717, 1.165) is 11.9 Å². The summed E-state index contributed by atoms with van der Waals surface area (Å²) in [5.41, 5.74) is 0. The second-order valence-electron chi connectivity index (χ2n) is 3.71. The van der Waals surface area contributed by atoms with Crippen LogP contribution in [0.1, 0.15) is 19.3 Å². The zero-order chi connectivity index (χ0) is 8.74. The Hall–Kier alpha value is 0.657. The van der Waals surface area contributed by atoms with Crippen LogP contribution in [0, 0.1) is 0 Å². The maximum absolute atomic E-state index is 5.70. The van der Waals surface area contributed by atoms with Crippen LogP contribution in [0.3, 0.4) is 0 Å². The van der Waals surface area contributed by atoms with E-state index in [1.54, 1.807) is 0 Å². The molecule has 68 valence electrons. The van der Waals surface area contributed by atoms with Crippen molar-refractivity contribution in [2.45, 2.75) is 38.9 Å². The van der Waals surface area contributed by atoms with Crippen LogP contribution in [-0.4, -0.2) is 20.3 Å². The molecule has 0 aliphatic heterocycles. The molecule has 0 saturated carbocycles. The molecule has 0 aromatic heterocycles. The van der Waals surface area contributed by atoms with Gasteiger partial charge in [0.25, 0.3) is 0 Å². The van der Waals surface area contributed by atoms with Crippen molar-refractivity contribution in [2.24, 2.45) is 0 Å². The molecule has 0 spiro atoms. The lowest BCUT2D eigenvalue weighted by atomic mass is 10.3. The molecule has 0 aromatic carbocycles. The fourth-order valence-corrected chi connectivity index (χ4v) is 1.90. The fourth-order valence-electron chi connectivity index (χ4n) is 0.752. The van der Waals surface area contributed by atoms with Crippen LogP contribution in [-0.2, 0) is 4.43 Å². The first-order chi connectivity index (χ1) is 5.06. The van der Waals surface area contributed by atoms with E-state index >= 15 is 0 Å².